The van der Waals surface area contributed by atoms with Crippen LogP contribution in [0.2, 0.25) is 0 Å². The largest absolute Gasteiger partial charge is 0.323 e. The summed E-state index contributed by atoms with van der Waals surface area (Å²) in [5, 5.41) is 6.64. The highest BCUT2D eigenvalue weighted by Gasteiger charge is 2.02. The van der Waals surface area contributed by atoms with E-state index in [0.717, 1.165) is 16.8 Å². The Kier molecular flexibility index (Phi) is 2.28. The molecule has 0 saturated carbocycles. The molecule has 14 heavy (non-hydrogen) atoms. The number of nitrogens with two attached hydrogens (primary N) is 1. The van der Waals surface area contributed by atoms with Gasteiger partial charge in [0.15, 0.2) is 0 Å². The Balaban J connectivity index is 2.31. The van der Waals surface area contributed by atoms with Gasteiger partial charge in [-0.05, 0) is 13.0 Å². The van der Waals surface area contributed by atoms with Crippen molar-refractivity contribution in [3.05, 3.63) is 36.4 Å². The molecule has 0 amide bonds. The Morgan fingerprint density at radius 3 is 2.64 bits per heavy atom. The fourth-order valence-electron chi connectivity index (χ4n) is 1.25. The molecule has 0 bridgehead atoms. The predicted molar refractivity (Wildman–Crippen MR) is 54.4 cm³/mol. The number of nitrogens with one attached hydrogen (secondary N) is 1. The average Bonchev–Trinajstić information content (AvgIpc) is 2.71. The maximum atomic E-state index is 5.70. The van der Waals surface area contributed by atoms with Gasteiger partial charge < -0.3 is 5.73 Å². The van der Waals surface area contributed by atoms with E-state index in [1.54, 1.807) is 6.20 Å². The Morgan fingerprint density at radius 2 is 2.14 bits per heavy atom. The van der Waals surface area contributed by atoms with E-state index in [-0.39, 0.29) is 6.04 Å². The number of aromatic nitrogens is 3. The minimum absolute atomic E-state index is 0.0200. The summed E-state index contributed by atoms with van der Waals surface area (Å²) in [6, 6.07) is 3.91. The van der Waals surface area contributed by atoms with Crippen LogP contribution in [0.4, 0.5) is 0 Å². The van der Waals surface area contributed by atoms with Gasteiger partial charge in [0.05, 0.1) is 11.9 Å². The number of H-pyrrole nitrogens is 1. The Labute approximate surface area is 82.2 Å². The van der Waals surface area contributed by atoms with E-state index in [0.29, 0.717) is 0 Å². The van der Waals surface area contributed by atoms with Gasteiger partial charge in [-0.3, -0.25) is 10.1 Å². The maximum absolute atomic E-state index is 5.70. The van der Waals surface area contributed by atoms with E-state index in [1.165, 1.54) is 0 Å². The number of rotatable bonds is 2. The molecule has 1 atom stereocenters. The summed E-state index contributed by atoms with van der Waals surface area (Å²) >= 11 is 0. The molecule has 2 heterocycles. The summed E-state index contributed by atoms with van der Waals surface area (Å²) in [6.07, 6.45) is 5.41. The van der Waals surface area contributed by atoms with E-state index in [4.69, 9.17) is 5.73 Å². The Hall–Kier alpha value is -1.68. The fourth-order valence-corrected chi connectivity index (χ4v) is 1.25. The highest BCUT2D eigenvalue weighted by Crippen LogP contribution is 2.17. The van der Waals surface area contributed by atoms with Crippen LogP contribution in [0, 0.1) is 0 Å². The summed E-state index contributed by atoms with van der Waals surface area (Å²) in [5.74, 6) is 0. The zero-order valence-corrected chi connectivity index (χ0v) is 7.94. The summed E-state index contributed by atoms with van der Waals surface area (Å²) in [7, 11) is 0. The second-order valence-electron chi connectivity index (χ2n) is 3.25. The van der Waals surface area contributed by atoms with Gasteiger partial charge in [-0.25, -0.2) is 0 Å². The molecule has 4 nitrogen and oxygen atoms in total. The van der Waals surface area contributed by atoms with E-state index in [1.807, 2.05) is 31.5 Å². The molecule has 0 aliphatic heterocycles. The first-order chi connectivity index (χ1) is 6.77. The molecule has 0 radical (unpaired) electrons. The van der Waals surface area contributed by atoms with Gasteiger partial charge in [0.1, 0.15) is 0 Å². The van der Waals surface area contributed by atoms with Crippen LogP contribution < -0.4 is 5.73 Å². The van der Waals surface area contributed by atoms with Crippen molar-refractivity contribution in [3.63, 3.8) is 0 Å². The van der Waals surface area contributed by atoms with Gasteiger partial charge in [0.25, 0.3) is 0 Å². The monoisotopic (exact) mass is 188 g/mol. The number of hydrogen-bond donors (Lipinski definition) is 2. The molecular formula is C10H12N4. The number of aromatic amines is 1. The molecule has 0 fully saturated rings. The minimum Gasteiger partial charge on any atom is -0.323 e. The average molecular weight is 188 g/mol. The third-order valence-corrected chi connectivity index (χ3v) is 2.08. The van der Waals surface area contributed by atoms with Crippen LogP contribution in [0.3, 0.4) is 0 Å². The van der Waals surface area contributed by atoms with Crippen LogP contribution in [0.15, 0.2) is 30.7 Å². The van der Waals surface area contributed by atoms with Crippen LogP contribution in [-0.2, 0) is 0 Å². The number of hydrogen-bond acceptors (Lipinski definition) is 3. The first kappa shape index (κ1) is 8.90. The lowest BCUT2D eigenvalue weighted by molar-refractivity contribution is 0.781. The molecule has 0 spiro atoms. The van der Waals surface area contributed by atoms with Crippen LogP contribution in [0.25, 0.3) is 11.1 Å². The summed E-state index contributed by atoms with van der Waals surface area (Å²) < 4.78 is 0. The zero-order chi connectivity index (χ0) is 9.97. The molecule has 0 aromatic carbocycles. The van der Waals surface area contributed by atoms with E-state index < -0.39 is 0 Å². The highest BCUT2D eigenvalue weighted by molar-refractivity contribution is 5.60. The molecule has 2 aromatic heterocycles. The van der Waals surface area contributed by atoms with Gasteiger partial charge in [0, 0.05) is 29.6 Å². The molecule has 2 aromatic rings. The smallest absolute Gasteiger partial charge is 0.0568 e. The maximum Gasteiger partial charge on any atom is 0.0568 e. The molecule has 4 heteroatoms. The quantitative estimate of drug-likeness (QED) is 0.750. The molecule has 0 aliphatic carbocycles. The fraction of sp³-hybridized carbons (Fsp3) is 0.200. The Bertz CT molecular complexity index is 389. The first-order valence-corrected chi connectivity index (χ1v) is 4.48. The standard InChI is InChI=1S/C10H12N4/c1-7(11)10-3-2-8(4-12-10)9-5-13-14-6-9/h2-7H,11H2,1H3,(H,13,14). The van der Waals surface area contributed by atoms with Crippen molar-refractivity contribution in [3.8, 4) is 11.1 Å². The summed E-state index contributed by atoms with van der Waals surface area (Å²) in [6.45, 7) is 1.92. The second kappa shape index (κ2) is 3.59. The van der Waals surface area contributed by atoms with Crippen molar-refractivity contribution in [2.24, 2.45) is 5.73 Å². The molecule has 72 valence electrons. The summed E-state index contributed by atoms with van der Waals surface area (Å²) in [4.78, 5) is 4.27. The molecule has 0 aliphatic rings. The second-order valence-corrected chi connectivity index (χ2v) is 3.25. The van der Waals surface area contributed by atoms with Crippen molar-refractivity contribution in [1.29, 1.82) is 0 Å². The molecule has 0 saturated heterocycles. The number of pyridine rings is 1. The van der Waals surface area contributed by atoms with Crippen molar-refractivity contribution in [2.45, 2.75) is 13.0 Å². The molecule has 1 unspecified atom stereocenters. The third kappa shape index (κ3) is 1.65. The molecule has 2 rings (SSSR count). The van der Waals surface area contributed by atoms with Gasteiger partial charge >= 0.3 is 0 Å². The van der Waals surface area contributed by atoms with Crippen molar-refractivity contribution in [1.82, 2.24) is 15.2 Å². The van der Waals surface area contributed by atoms with Crippen LogP contribution in [-0.4, -0.2) is 15.2 Å². The first-order valence-electron chi connectivity index (χ1n) is 4.48. The van der Waals surface area contributed by atoms with E-state index in [9.17, 15) is 0 Å². The van der Waals surface area contributed by atoms with Crippen LogP contribution in [0.1, 0.15) is 18.7 Å². The minimum atomic E-state index is -0.0200. The predicted octanol–water partition coefficient (Wildman–Crippen LogP) is 1.49. The van der Waals surface area contributed by atoms with Gasteiger partial charge in [-0.1, -0.05) is 6.07 Å². The van der Waals surface area contributed by atoms with Crippen LogP contribution >= 0.6 is 0 Å². The number of nitrogens with zero attached hydrogens (tertiary/aromatic N) is 2. The SMILES string of the molecule is CC(N)c1ccc(-c2cn[nH]c2)cn1. The van der Waals surface area contributed by atoms with Gasteiger partial charge in [0.2, 0.25) is 0 Å². The van der Waals surface area contributed by atoms with Gasteiger partial charge in [-0.15, -0.1) is 0 Å². The third-order valence-electron chi connectivity index (χ3n) is 2.08. The molecule has 3 N–H and O–H groups in total. The molecular weight excluding hydrogens is 176 g/mol. The van der Waals surface area contributed by atoms with Crippen LogP contribution in [0.5, 0.6) is 0 Å². The van der Waals surface area contributed by atoms with E-state index >= 15 is 0 Å². The highest BCUT2D eigenvalue weighted by atomic mass is 15.1. The van der Waals surface area contributed by atoms with Crippen molar-refractivity contribution >= 4 is 0 Å². The van der Waals surface area contributed by atoms with Crippen molar-refractivity contribution < 1.29 is 0 Å². The van der Waals surface area contributed by atoms with Crippen molar-refractivity contribution in [2.75, 3.05) is 0 Å². The lowest BCUT2D eigenvalue weighted by Crippen LogP contribution is -2.06. The van der Waals surface area contributed by atoms with E-state index in [2.05, 4.69) is 15.2 Å². The normalized spacial score (nSPS) is 12.7. The topological polar surface area (TPSA) is 67.6 Å². The van der Waals surface area contributed by atoms with Gasteiger partial charge in [-0.2, -0.15) is 5.10 Å². The lowest BCUT2D eigenvalue weighted by atomic mass is 10.1. The Morgan fingerprint density at radius 1 is 1.29 bits per heavy atom. The zero-order valence-electron chi connectivity index (χ0n) is 7.94. The summed E-state index contributed by atoms with van der Waals surface area (Å²) in [5.41, 5.74) is 8.68. The lowest BCUT2D eigenvalue weighted by Gasteiger charge is -2.04.